The van der Waals surface area contributed by atoms with Crippen LogP contribution < -0.4 is 14.8 Å². The number of nitrogens with zero attached hydrogens (tertiary/aromatic N) is 2. The lowest BCUT2D eigenvalue weighted by atomic mass is 10.1. The molecule has 0 aromatic heterocycles. The van der Waals surface area contributed by atoms with Gasteiger partial charge in [0.15, 0.2) is 0 Å². The average Bonchev–Trinajstić information content (AvgIpc) is 3.07. The van der Waals surface area contributed by atoms with Crippen molar-refractivity contribution in [3.05, 3.63) is 18.2 Å². The minimum absolute atomic E-state index is 0.0270. The number of amides is 1. The van der Waals surface area contributed by atoms with Crippen molar-refractivity contribution in [2.45, 2.75) is 25.3 Å². The lowest BCUT2D eigenvalue weighted by molar-refractivity contribution is -0.116. The molecule has 6 heteroatoms. The van der Waals surface area contributed by atoms with Crippen LogP contribution in [0.25, 0.3) is 0 Å². The Hall–Kier alpha value is -1.79. The Morgan fingerprint density at radius 2 is 1.92 bits per heavy atom. The number of nitrogens with one attached hydrogen (secondary N) is 1. The Morgan fingerprint density at radius 3 is 2.62 bits per heavy atom. The van der Waals surface area contributed by atoms with Crippen molar-refractivity contribution in [2.24, 2.45) is 0 Å². The molecular formula is C18H27N3O3. The molecule has 0 aliphatic carbocycles. The first-order chi connectivity index (χ1) is 11.7. The van der Waals surface area contributed by atoms with Gasteiger partial charge in [-0.15, -0.1) is 0 Å². The largest absolute Gasteiger partial charge is 0.497 e. The molecule has 2 fully saturated rings. The summed E-state index contributed by atoms with van der Waals surface area (Å²) in [5.41, 5.74) is 0.705. The highest BCUT2D eigenvalue weighted by Crippen LogP contribution is 2.26. The maximum absolute atomic E-state index is 12.3. The maximum Gasteiger partial charge on any atom is 0.225 e. The second-order valence-corrected chi connectivity index (χ2v) is 6.53. The highest BCUT2D eigenvalue weighted by molar-refractivity contribution is 5.91. The number of anilines is 1. The molecule has 1 aromatic carbocycles. The van der Waals surface area contributed by atoms with Crippen LogP contribution in [0.3, 0.4) is 0 Å². The van der Waals surface area contributed by atoms with Gasteiger partial charge in [0.05, 0.1) is 14.2 Å². The number of methoxy groups -OCH3 is 2. The van der Waals surface area contributed by atoms with Crippen LogP contribution in [-0.4, -0.2) is 68.7 Å². The van der Waals surface area contributed by atoms with Gasteiger partial charge in [0.1, 0.15) is 11.5 Å². The summed E-state index contributed by atoms with van der Waals surface area (Å²) in [5.74, 6) is 1.36. The average molecular weight is 333 g/mol. The SMILES string of the molecule is COc1cc(NC(=O)CCN2CCN3CCC[C@H]3C2)cc(OC)c1. The van der Waals surface area contributed by atoms with Crippen molar-refractivity contribution in [1.82, 2.24) is 9.80 Å². The maximum atomic E-state index is 12.3. The van der Waals surface area contributed by atoms with E-state index in [1.807, 2.05) is 0 Å². The Kier molecular flexibility index (Phi) is 5.58. The molecule has 1 N–H and O–H groups in total. The van der Waals surface area contributed by atoms with E-state index >= 15 is 0 Å². The van der Waals surface area contributed by atoms with E-state index in [4.69, 9.17) is 9.47 Å². The zero-order valence-corrected chi connectivity index (χ0v) is 14.6. The fourth-order valence-corrected chi connectivity index (χ4v) is 3.62. The van der Waals surface area contributed by atoms with E-state index in [9.17, 15) is 4.79 Å². The van der Waals surface area contributed by atoms with Crippen molar-refractivity contribution < 1.29 is 14.3 Å². The molecule has 1 amide bonds. The lowest BCUT2D eigenvalue weighted by Crippen LogP contribution is -2.50. The zero-order chi connectivity index (χ0) is 16.9. The van der Waals surface area contributed by atoms with E-state index in [-0.39, 0.29) is 5.91 Å². The van der Waals surface area contributed by atoms with Gasteiger partial charge in [-0.2, -0.15) is 0 Å². The van der Waals surface area contributed by atoms with Crippen molar-refractivity contribution in [3.8, 4) is 11.5 Å². The summed E-state index contributed by atoms with van der Waals surface area (Å²) < 4.78 is 10.5. The Labute approximate surface area is 143 Å². The number of fused-ring (bicyclic) bond motifs is 1. The first-order valence-corrected chi connectivity index (χ1v) is 8.67. The number of rotatable bonds is 6. The van der Waals surface area contributed by atoms with Crippen molar-refractivity contribution >= 4 is 11.6 Å². The van der Waals surface area contributed by atoms with E-state index in [2.05, 4.69) is 15.1 Å². The molecule has 2 aliphatic rings. The number of carbonyl (C=O) groups excluding carboxylic acids is 1. The summed E-state index contributed by atoms with van der Waals surface area (Å²) >= 11 is 0. The van der Waals surface area contributed by atoms with Crippen LogP contribution in [0.4, 0.5) is 5.69 Å². The predicted molar refractivity (Wildman–Crippen MR) is 93.8 cm³/mol. The lowest BCUT2D eigenvalue weighted by Gasteiger charge is -2.37. The van der Waals surface area contributed by atoms with Crippen LogP contribution in [0.2, 0.25) is 0 Å². The number of hydrogen-bond acceptors (Lipinski definition) is 5. The van der Waals surface area contributed by atoms with Crippen molar-refractivity contribution in [3.63, 3.8) is 0 Å². The van der Waals surface area contributed by atoms with Crippen molar-refractivity contribution in [1.29, 1.82) is 0 Å². The van der Waals surface area contributed by atoms with E-state index in [0.29, 0.717) is 29.6 Å². The highest BCUT2D eigenvalue weighted by atomic mass is 16.5. The quantitative estimate of drug-likeness (QED) is 0.860. The fraction of sp³-hybridized carbons (Fsp3) is 0.611. The molecule has 0 spiro atoms. The monoisotopic (exact) mass is 333 g/mol. The van der Waals surface area contributed by atoms with Gasteiger partial charge in [-0.05, 0) is 19.4 Å². The standard InChI is InChI=1S/C18H27N3O3/c1-23-16-10-14(11-17(12-16)24-2)19-18(22)5-7-20-8-9-21-6-3-4-15(21)13-20/h10-12,15H,3-9,13H2,1-2H3,(H,19,22)/t15-/m0/s1. The summed E-state index contributed by atoms with van der Waals surface area (Å²) in [6.07, 6.45) is 3.12. The molecule has 0 saturated carbocycles. The van der Waals surface area contributed by atoms with Crippen LogP contribution in [-0.2, 0) is 4.79 Å². The summed E-state index contributed by atoms with van der Waals surface area (Å²) in [7, 11) is 3.20. The molecule has 3 rings (SSSR count). The number of carbonyl (C=O) groups is 1. The van der Waals surface area contributed by atoms with Gasteiger partial charge in [0, 0.05) is 62.5 Å². The molecule has 132 valence electrons. The molecule has 1 aromatic rings. The van der Waals surface area contributed by atoms with Crippen LogP contribution in [0, 0.1) is 0 Å². The van der Waals surface area contributed by atoms with Crippen molar-refractivity contribution in [2.75, 3.05) is 52.3 Å². The normalized spacial score (nSPS) is 21.3. The van der Waals surface area contributed by atoms with Gasteiger partial charge in [-0.3, -0.25) is 14.6 Å². The molecule has 0 radical (unpaired) electrons. The second-order valence-electron chi connectivity index (χ2n) is 6.53. The first kappa shape index (κ1) is 17.0. The molecule has 24 heavy (non-hydrogen) atoms. The van der Waals surface area contributed by atoms with Gasteiger partial charge < -0.3 is 14.8 Å². The van der Waals surface area contributed by atoms with Gasteiger partial charge in [-0.1, -0.05) is 0 Å². The Balaban J connectivity index is 1.49. The third kappa shape index (κ3) is 4.19. The third-order valence-corrected chi connectivity index (χ3v) is 4.96. The smallest absolute Gasteiger partial charge is 0.225 e. The first-order valence-electron chi connectivity index (χ1n) is 8.67. The van der Waals surface area contributed by atoms with Crippen LogP contribution >= 0.6 is 0 Å². The molecule has 6 nitrogen and oxygen atoms in total. The number of ether oxygens (including phenoxy) is 2. The number of benzene rings is 1. The Morgan fingerprint density at radius 1 is 1.17 bits per heavy atom. The topological polar surface area (TPSA) is 54.0 Å². The minimum Gasteiger partial charge on any atom is -0.497 e. The summed E-state index contributed by atoms with van der Waals surface area (Å²) in [6, 6.07) is 6.09. The number of piperazine rings is 1. The predicted octanol–water partition coefficient (Wildman–Crippen LogP) is 1.81. The van der Waals surface area contributed by atoms with Gasteiger partial charge in [0.25, 0.3) is 0 Å². The van der Waals surface area contributed by atoms with Gasteiger partial charge in [-0.25, -0.2) is 0 Å². The van der Waals surface area contributed by atoms with Crippen LogP contribution in [0.5, 0.6) is 11.5 Å². The van der Waals surface area contributed by atoms with Gasteiger partial charge >= 0.3 is 0 Å². The zero-order valence-electron chi connectivity index (χ0n) is 14.6. The Bertz CT molecular complexity index is 556. The van der Waals surface area contributed by atoms with E-state index in [1.165, 1.54) is 19.4 Å². The molecule has 2 heterocycles. The second kappa shape index (κ2) is 7.85. The number of hydrogen-bond donors (Lipinski definition) is 1. The molecule has 2 saturated heterocycles. The van der Waals surface area contributed by atoms with Crippen LogP contribution in [0.1, 0.15) is 19.3 Å². The molecule has 2 aliphatic heterocycles. The summed E-state index contributed by atoms with van der Waals surface area (Å²) in [5, 5.41) is 2.94. The molecule has 1 atom stereocenters. The summed E-state index contributed by atoms with van der Waals surface area (Å²) in [6.45, 7) is 5.37. The van der Waals surface area contributed by atoms with E-state index in [0.717, 1.165) is 26.2 Å². The third-order valence-electron chi connectivity index (χ3n) is 4.96. The fourth-order valence-electron chi connectivity index (χ4n) is 3.62. The molecule has 0 unspecified atom stereocenters. The summed E-state index contributed by atoms with van der Waals surface area (Å²) in [4.78, 5) is 17.2. The molecular weight excluding hydrogens is 306 g/mol. The minimum atomic E-state index is 0.0270. The van der Waals surface area contributed by atoms with Crippen LogP contribution in [0.15, 0.2) is 18.2 Å². The molecule has 0 bridgehead atoms. The van der Waals surface area contributed by atoms with E-state index < -0.39 is 0 Å². The highest BCUT2D eigenvalue weighted by Gasteiger charge is 2.30. The van der Waals surface area contributed by atoms with Gasteiger partial charge in [0.2, 0.25) is 5.91 Å². The van der Waals surface area contributed by atoms with E-state index in [1.54, 1.807) is 32.4 Å².